The number of nitrogens with two attached hydrogens (primary N) is 2. The molecule has 0 aliphatic heterocycles. The van der Waals surface area contributed by atoms with Gasteiger partial charge in [0.2, 0.25) is 5.91 Å². The Morgan fingerprint density at radius 2 is 2.06 bits per heavy atom. The van der Waals surface area contributed by atoms with Gasteiger partial charge in [-0.2, -0.15) is 0 Å². The molecule has 1 aromatic rings. The summed E-state index contributed by atoms with van der Waals surface area (Å²) >= 11 is 11.0. The lowest BCUT2D eigenvalue weighted by Gasteiger charge is -2.09. The molecule has 0 bridgehead atoms. The van der Waals surface area contributed by atoms with Crippen molar-refractivity contribution in [3.05, 3.63) is 28.8 Å². The molecule has 98 valence electrons. The Bertz CT molecular complexity index is 451. The van der Waals surface area contributed by atoms with Crippen LogP contribution in [0.25, 0.3) is 0 Å². The Morgan fingerprint density at radius 3 is 2.61 bits per heavy atom. The quantitative estimate of drug-likeness (QED) is 0.529. The van der Waals surface area contributed by atoms with E-state index < -0.39 is 0 Å². The van der Waals surface area contributed by atoms with E-state index in [1.54, 1.807) is 6.07 Å². The maximum atomic E-state index is 10.5. The molecule has 0 saturated carbocycles. The SMILES string of the molecule is NC(=O)CCCCNc1ccc(C(N)=S)cc1Cl. The van der Waals surface area contributed by atoms with E-state index in [1.165, 1.54) is 0 Å². The molecule has 5 N–H and O–H groups in total. The van der Waals surface area contributed by atoms with Crippen LogP contribution in [0.2, 0.25) is 5.02 Å². The number of anilines is 1. The van der Waals surface area contributed by atoms with Gasteiger partial charge in [0.1, 0.15) is 4.99 Å². The number of hydrogen-bond donors (Lipinski definition) is 3. The first kappa shape index (κ1) is 14.7. The lowest BCUT2D eigenvalue weighted by molar-refractivity contribution is -0.118. The van der Waals surface area contributed by atoms with Gasteiger partial charge >= 0.3 is 0 Å². The standard InChI is InChI=1S/C12H16ClN3OS/c13-9-7-8(12(15)18)4-5-10(9)16-6-2-1-3-11(14)17/h4-5,7,16H,1-3,6H2,(H2,14,17)(H2,15,18). The predicted molar refractivity (Wildman–Crippen MR) is 78.9 cm³/mol. The molecule has 0 spiro atoms. The van der Waals surface area contributed by atoms with Crippen molar-refractivity contribution >= 4 is 40.4 Å². The fourth-order valence-electron chi connectivity index (χ4n) is 1.46. The topological polar surface area (TPSA) is 81.1 Å². The highest BCUT2D eigenvalue weighted by atomic mass is 35.5. The number of primary amides is 1. The Labute approximate surface area is 117 Å². The van der Waals surface area contributed by atoms with Crippen molar-refractivity contribution in [3.63, 3.8) is 0 Å². The second kappa shape index (κ2) is 7.18. The zero-order valence-corrected chi connectivity index (χ0v) is 11.5. The number of carbonyl (C=O) groups excluding carboxylic acids is 1. The number of hydrogen-bond acceptors (Lipinski definition) is 3. The van der Waals surface area contributed by atoms with E-state index in [1.807, 2.05) is 12.1 Å². The minimum absolute atomic E-state index is 0.270. The number of unbranched alkanes of at least 4 members (excludes halogenated alkanes) is 1. The molecule has 1 amide bonds. The molecule has 0 atom stereocenters. The molecule has 1 rings (SSSR count). The van der Waals surface area contributed by atoms with Crippen molar-refractivity contribution < 1.29 is 4.79 Å². The van der Waals surface area contributed by atoms with Gasteiger partial charge in [-0.05, 0) is 31.0 Å². The molecular formula is C12H16ClN3OS. The van der Waals surface area contributed by atoms with E-state index in [0.717, 1.165) is 30.6 Å². The fourth-order valence-corrected chi connectivity index (χ4v) is 1.83. The summed E-state index contributed by atoms with van der Waals surface area (Å²) in [5.74, 6) is -0.270. The summed E-state index contributed by atoms with van der Waals surface area (Å²) in [6, 6.07) is 5.39. The molecule has 0 aromatic heterocycles. The van der Waals surface area contributed by atoms with Gasteiger partial charge < -0.3 is 16.8 Å². The van der Waals surface area contributed by atoms with Crippen molar-refractivity contribution in [1.29, 1.82) is 0 Å². The van der Waals surface area contributed by atoms with Crippen molar-refractivity contribution in [2.24, 2.45) is 11.5 Å². The third kappa shape index (κ3) is 4.89. The zero-order valence-electron chi connectivity index (χ0n) is 9.91. The predicted octanol–water partition coefficient (Wildman–Crippen LogP) is 2.04. The minimum atomic E-state index is -0.270. The Morgan fingerprint density at radius 1 is 1.33 bits per heavy atom. The maximum Gasteiger partial charge on any atom is 0.217 e. The van der Waals surface area contributed by atoms with Gasteiger partial charge in [-0.15, -0.1) is 0 Å². The maximum absolute atomic E-state index is 10.5. The van der Waals surface area contributed by atoms with Gasteiger partial charge in [0.25, 0.3) is 0 Å². The van der Waals surface area contributed by atoms with Gasteiger partial charge in [0.15, 0.2) is 0 Å². The first-order valence-corrected chi connectivity index (χ1v) is 6.41. The van der Waals surface area contributed by atoms with Gasteiger partial charge in [-0.25, -0.2) is 0 Å². The van der Waals surface area contributed by atoms with Gasteiger partial charge in [0, 0.05) is 18.5 Å². The molecule has 1 aromatic carbocycles. The lowest BCUT2D eigenvalue weighted by Crippen LogP contribution is -2.11. The molecule has 0 fully saturated rings. The highest BCUT2D eigenvalue weighted by Crippen LogP contribution is 2.23. The highest BCUT2D eigenvalue weighted by Gasteiger charge is 2.03. The fraction of sp³-hybridized carbons (Fsp3) is 0.333. The van der Waals surface area contributed by atoms with Crippen LogP contribution in [0.3, 0.4) is 0 Å². The monoisotopic (exact) mass is 285 g/mol. The van der Waals surface area contributed by atoms with Crippen molar-refractivity contribution in [3.8, 4) is 0 Å². The van der Waals surface area contributed by atoms with Crippen LogP contribution in [0.15, 0.2) is 18.2 Å². The Kier molecular flexibility index (Phi) is 5.88. The molecule has 0 aliphatic rings. The number of rotatable bonds is 7. The highest BCUT2D eigenvalue weighted by molar-refractivity contribution is 7.80. The summed E-state index contributed by atoms with van der Waals surface area (Å²) in [6.45, 7) is 0.736. The summed E-state index contributed by atoms with van der Waals surface area (Å²) < 4.78 is 0. The number of halogens is 1. The summed E-state index contributed by atoms with van der Waals surface area (Å²) in [4.78, 5) is 10.9. The van der Waals surface area contributed by atoms with E-state index >= 15 is 0 Å². The van der Waals surface area contributed by atoms with E-state index in [2.05, 4.69) is 5.32 Å². The van der Waals surface area contributed by atoms with Crippen LogP contribution >= 0.6 is 23.8 Å². The van der Waals surface area contributed by atoms with Gasteiger partial charge in [0.05, 0.1) is 10.7 Å². The van der Waals surface area contributed by atoms with E-state index in [0.29, 0.717) is 16.4 Å². The van der Waals surface area contributed by atoms with Crippen molar-refractivity contribution in [2.45, 2.75) is 19.3 Å². The van der Waals surface area contributed by atoms with E-state index in [-0.39, 0.29) is 5.91 Å². The Balaban J connectivity index is 2.43. The number of benzene rings is 1. The van der Waals surface area contributed by atoms with Crippen molar-refractivity contribution in [2.75, 3.05) is 11.9 Å². The van der Waals surface area contributed by atoms with Crippen LogP contribution in [0.5, 0.6) is 0 Å². The number of thiocarbonyl (C=S) groups is 1. The molecule has 0 heterocycles. The zero-order chi connectivity index (χ0) is 13.5. The largest absolute Gasteiger partial charge is 0.389 e. The minimum Gasteiger partial charge on any atom is -0.389 e. The van der Waals surface area contributed by atoms with Crippen LogP contribution in [0, 0.1) is 0 Å². The van der Waals surface area contributed by atoms with E-state index in [9.17, 15) is 4.79 Å². The number of nitrogens with one attached hydrogen (secondary N) is 1. The first-order chi connectivity index (χ1) is 8.50. The lowest BCUT2D eigenvalue weighted by atomic mass is 10.2. The first-order valence-electron chi connectivity index (χ1n) is 5.62. The Hall–Kier alpha value is -1.33. The summed E-state index contributed by atoms with van der Waals surface area (Å²) in [5, 5.41) is 3.76. The smallest absolute Gasteiger partial charge is 0.217 e. The molecule has 0 saturated heterocycles. The second-order valence-electron chi connectivity index (χ2n) is 3.91. The van der Waals surface area contributed by atoms with Crippen LogP contribution in [0.1, 0.15) is 24.8 Å². The molecule has 4 nitrogen and oxygen atoms in total. The van der Waals surface area contributed by atoms with Crippen molar-refractivity contribution in [1.82, 2.24) is 0 Å². The number of carbonyl (C=O) groups is 1. The average Bonchev–Trinajstić information content (AvgIpc) is 2.29. The number of amides is 1. The molecule has 18 heavy (non-hydrogen) atoms. The summed E-state index contributed by atoms with van der Waals surface area (Å²) in [6.07, 6.45) is 2.04. The van der Waals surface area contributed by atoms with Crippen LogP contribution in [-0.4, -0.2) is 17.4 Å². The summed E-state index contributed by atoms with van der Waals surface area (Å²) in [7, 11) is 0. The van der Waals surface area contributed by atoms with Crippen LogP contribution in [-0.2, 0) is 4.79 Å². The summed E-state index contributed by atoms with van der Waals surface area (Å²) in [5.41, 5.74) is 12.1. The molecule has 0 radical (unpaired) electrons. The average molecular weight is 286 g/mol. The van der Waals surface area contributed by atoms with Gasteiger partial charge in [-0.1, -0.05) is 23.8 Å². The normalized spacial score (nSPS) is 10.1. The second-order valence-corrected chi connectivity index (χ2v) is 4.76. The van der Waals surface area contributed by atoms with Crippen LogP contribution in [0.4, 0.5) is 5.69 Å². The molecule has 0 unspecified atom stereocenters. The van der Waals surface area contributed by atoms with Crippen LogP contribution < -0.4 is 16.8 Å². The van der Waals surface area contributed by atoms with E-state index in [4.69, 9.17) is 35.3 Å². The molecular weight excluding hydrogens is 270 g/mol. The third-order valence-corrected chi connectivity index (χ3v) is 2.97. The van der Waals surface area contributed by atoms with Gasteiger partial charge in [-0.3, -0.25) is 4.79 Å². The molecule has 6 heteroatoms. The molecule has 0 aliphatic carbocycles. The third-order valence-electron chi connectivity index (χ3n) is 2.42.